The van der Waals surface area contributed by atoms with Gasteiger partial charge in [-0.15, -0.1) is 10.2 Å². The molecule has 0 atom stereocenters. The van der Waals surface area contributed by atoms with E-state index >= 15 is 0 Å². The number of aryl methyl sites for hydroxylation is 1. The molecule has 0 spiro atoms. The molecule has 0 radical (unpaired) electrons. The van der Waals surface area contributed by atoms with Crippen LogP contribution in [0.2, 0.25) is 0 Å². The zero-order chi connectivity index (χ0) is 16.5. The van der Waals surface area contributed by atoms with Gasteiger partial charge in [-0.05, 0) is 36.2 Å². The molecule has 7 nitrogen and oxygen atoms in total. The van der Waals surface area contributed by atoms with Crippen molar-refractivity contribution in [2.45, 2.75) is 19.9 Å². The van der Waals surface area contributed by atoms with Gasteiger partial charge in [0.2, 0.25) is 0 Å². The van der Waals surface area contributed by atoms with Crippen LogP contribution in [0.1, 0.15) is 22.5 Å². The third-order valence-corrected chi connectivity index (χ3v) is 4.17. The summed E-state index contributed by atoms with van der Waals surface area (Å²) in [7, 11) is 0. The lowest BCUT2D eigenvalue weighted by Gasteiger charge is -2.30. The first-order valence-electron chi connectivity index (χ1n) is 7.72. The second kappa shape index (κ2) is 5.74. The third-order valence-electron chi connectivity index (χ3n) is 4.17. The van der Waals surface area contributed by atoms with Crippen LogP contribution in [-0.4, -0.2) is 31.5 Å². The maximum atomic E-state index is 8.93. The molecule has 0 aromatic carbocycles. The van der Waals surface area contributed by atoms with E-state index in [4.69, 9.17) is 5.26 Å². The van der Waals surface area contributed by atoms with Crippen LogP contribution >= 0.6 is 0 Å². The minimum Gasteiger partial charge on any atom is -0.350 e. The van der Waals surface area contributed by atoms with Crippen LogP contribution in [0.25, 0.3) is 5.69 Å². The monoisotopic (exact) mass is 317 g/mol. The van der Waals surface area contributed by atoms with E-state index in [0.717, 1.165) is 42.3 Å². The van der Waals surface area contributed by atoms with Crippen molar-refractivity contribution in [2.75, 3.05) is 11.4 Å². The normalized spacial score (nSPS) is 13.4. The standard InChI is InChI=1S/C17H15N7/c1-12-7-14(9-18)21-22-17(12)23-6-3-16-13(11-23)8-15(10-19-16)24-5-2-4-20-24/h2,4-5,7-8,10H,3,6,11H2,1H3. The molecule has 3 aromatic heterocycles. The lowest BCUT2D eigenvalue weighted by atomic mass is 10.0. The third kappa shape index (κ3) is 2.48. The molecule has 0 N–H and O–H groups in total. The molecule has 0 bridgehead atoms. The fourth-order valence-electron chi connectivity index (χ4n) is 2.99. The van der Waals surface area contributed by atoms with Crippen LogP contribution < -0.4 is 4.90 Å². The molecule has 7 heteroatoms. The molecule has 0 aliphatic carbocycles. The summed E-state index contributed by atoms with van der Waals surface area (Å²) in [5, 5.41) is 21.4. The zero-order valence-electron chi connectivity index (χ0n) is 13.2. The molecule has 1 aliphatic rings. The van der Waals surface area contributed by atoms with Gasteiger partial charge in [0, 0.05) is 37.6 Å². The van der Waals surface area contributed by atoms with E-state index in [1.54, 1.807) is 16.9 Å². The number of hydrogen-bond donors (Lipinski definition) is 0. The van der Waals surface area contributed by atoms with Crippen molar-refractivity contribution in [1.82, 2.24) is 25.0 Å². The molecule has 118 valence electrons. The van der Waals surface area contributed by atoms with Crippen LogP contribution in [0.3, 0.4) is 0 Å². The maximum absolute atomic E-state index is 8.93. The number of nitrogens with zero attached hydrogens (tertiary/aromatic N) is 7. The average molecular weight is 317 g/mol. The lowest BCUT2D eigenvalue weighted by Crippen LogP contribution is -2.32. The number of nitriles is 1. The smallest absolute Gasteiger partial charge is 0.163 e. The summed E-state index contributed by atoms with van der Waals surface area (Å²) in [5.41, 5.74) is 4.53. The molecule has 24 heavy (non-hydrogen) atoms. The Labute approximate surface area is 139 Å². The summed E-state index contributed by atoms with van der Waals surface area (Å²) in [6, 6.07) is 7.81. The maximum Gasteiger partial charge on any atom is 0.163 e. The van der Waals surface area contributed by atoms with Gasteiger partial charge < -0.3 is 4.90 Å². The number of hydrogen-bond acceptors (Lipinski definition) is 6. The fourth-order valence-corrected chi connectivity index (χ4v) is 2.99. The fraction of sp³-hybridized carbons (Fsp3) is 0.235. The number of aromatic nitrogens is 5. The topological polar surface area (TPSA) is 83.5 Å². The van der Waals surface area contributed by atoms with E-state index in [1.165, 1.54) is 5.56 Å². The number of pyridine rings is 1. The van der Waals surface area contributed by atoms with Crippen LogP contribution in [0.15, 0.2) is 36.8 Å². The Balaban J connectivity index is 1.66. The first-order valence-corrected chi connectivity index (χ1v) is 7.72. The van der Waals surface area contributed by atoms with Crippen molar-refractivity contribution in [3.8, 4) is 11.8 Å². The minimum absolute atomic E-state index is 0.344. The number of anilines is 1. The van der Waals surface area contributed by atoms with E-state index in [1.807, 2.05) is 31.5 Å². The lowest BCUT2D eigenvalue weighted by molar-refractivity contribution is 0.689. The highest BCUT2D eigenvalue weighted by atomic mass is 15.3. The van der Waals surface area contributed by atoms with Crippen LogP contribution in [0, 0.1) is 18.3 Å². The summed E-state index contributed by atoms with van der Waals surface area (Å²) in [6.07, 6.45) is 6.37. The number of rotatable bonds is 2. The minimum atomic E-state index is 0.344. The van der Waals surface area contributed by atoms with E-state index in [9.17, 15) is 0 Å². The second-order valence-electron chi connectivity index (χ2n) is 5.77. The van der Waals surface area contributed by atoms with Crippen molar-refractivity contribution in [2.24, 2.45) is 0 Å². The molecule has 0 amide bonds. The highest BCUT2D eigenvalue weighted by molar-refractivity contribution is 5.50. The van der Waals surface area contributed by atoms with Gasteiger partial charge in [-0.1, -0.05) is 0 Å². The average Bonchev–Trinajstić information content (AvgIpc) is 3.15. The van der Waals surface area contributed by atoms with Crippen LogP contribution in [-0.2, 0) is 13.0 Å². The summed E-state index contributed by atoms with van der Waals surface area (Å²) >= 11 is 0. The van der Waals surface area contributed by atoms with E-state index < -0.39 is 0 Å². The van der Waals surface area contributed by atoms with Crippen molar-refractivity contribution in [1.29, 1.82) is 5.26 Å². The molecule has 0 saturated heterocycles. The molecular weight excluding hydrogens is 302 g/mol. The Morgan fingerprint density at radius 1 is 1.25 bits per heavy atom. The number of fused-ring (bicyclic) bond motifs is 1. The first-order chi connectivity index (χ1) is 11.7. The van der Waals surface area contributed by atoms with Gasteiger partial charge in [0.25, 0.3) is 0 Å². The summed E-state index contributed by atoms with van der Waals surface area (Å²) in [4.78, 5) is 6.77. The summed E-state index contributed by atoms with van der Waals surface area (Å²) in [6.45, 7) is 3.51. The van der Waals surface area contributed by atoms with Crippen molar-refractivity contribution < 1.29 is 0 Å². The molecule has 0 fully saturated rings. The molecular formula is C17H15N7. The zero-order valence-corrected chi connectivity index (χ0v) is 13.2. The first kappa shape index (κ1) is 14.3. The SMILES string of the molecule is Cc1cc(C#N)nnc1N1CCc2ncc(-n3cccn3)cc2C1. The molecule has 0 saturated carbocycles. The van der Waals surface area contributed by atoms with Crippen LogP contribution in [0.5, 0.6) is 0 Å². The predicted molar refractivity (Wildman–Crippen MR) is 87.6 cm³/mol. The Kier molecular flexibility index (Phi) is 3.43. The Morgan fingerprint density at radius 2 is 2.17 bits per heavy atom. The van der Waals surface area contributed by atoms with E-state index in [-0.39, 0.29) is 0 Å². The Bertz CT molecular complexity index is 925. The van der Waals surface area contributed by atoms with Crippen molar-refractivity contribution in [3.63, 3.8) is 0 Å². The summed E-state index contributed by atoms with van der Waals surface area (Å²) in [5.74, 6) is 0.823. The quantitative estimate of drug-likeness (QED) is 0.716. The predicted octanol–water partition coefficient (Wildman–Crippen LogP) is 1.80. The van der Waals surface area contributed by atoms with Crippen molar-refractivity contribution in [3.05, 3.63) is 59.3 Å². The Morgan fingerprint density at radius 3 is 2.92 bits per heavy atom. The van der Waals surface area contributed by atoms with Gasteiger partial charge in [-0.2, -0.15) is 10.4 Å². The largest absolute Gasteiger partial charge is 0.350 e. The Hall–Kier alpha value is -3.27. The van der Waals surface area contributed by atoms with Crippen molar-refractivity contribution >= 4 is 5.82 Å². The van der Waals surface area contributed by atoms with Gasteiger partial charge in [0.05, 0.1) is 11.9 Å². The van der Waals surface area contributed by atoms with Gasteiger partial charge >= 0.3 is 0 Å². The second-order valence-corrected chi connectivity index (χ2v) is 5.77. The molecule has 3 aromatic rings. The highest BCUT2D eigenvalue weighted by Crippen LogP contribution is 2.25. The van der Waals surface area contributed by atoms with Gasteiger partial charge in [0.15, 0.2) is 11.5 Å². The summed E-state index contributed by atoms with van der Waals surface area (Å²) < 4.78 is 1.80. The molecule has 4 rings (SSSR count). The molecule has 4 heterocycles. The van der Waals surface area contributed by atoms with Gasteiger partial charge in [-0.3, -0.25) is 4.98 Å². The van der Waals surface area contributed by atoms with Gasteiger partial charge in [0.1, 0.15) is 6.07 Å². The van der Waals surface area contributed by atoms with E-state index in [0.29, 0.717) is 5.69 Å². The molecule has 0 unspecified atom stereocenters. The van der Waals surface area contributed by atoms with Crippen LogP contribution in [0.4, 0.5) is 5.82 Å². The van der Waals surface area contributed by atoms with E-state index in [2.05, 4.69) is 31.2 Å². The molecule has 1 aliphatic heterocycles. The van der Waals surface area contributed by atoms with Gasteiger partial charge in [-0.25, -0.2) is 4.68 Å². The highest BCUT2D eigenvalue weighted by Gasteiger charge is 2.21.